The molecule has 1 aromatic rings. The van der Waals surface area contributed by atoms with Crippen LogP contribution in [0.2, 0.25) is 0 Å². The standard InChI is InChI=1S/C15H22N2OS2/c1-3-20-10-11(2)17-15(18)13(14(16)19)9-12-7-5-4-6-8-12/h4-8,11,13H,3,9-10H2,1-2H3,(H2,16,19)(H,17,18). The molecule has 2 unspecified atom stereocenters. The zero-order chi connectivity index (χ0) is 15.0. The number of thiocarbonyl (C=S) groups is 1. The molecule has 0 heterocycles. The SMILES string of the molecule is CCSCC(C)NC(=O)C(Cc1ccccc1)C(N)=S. The molecule has 0 radical (unpaired) electrons. The number of carbonyl (C=O) groups is 1. The highest BCUT2D eigenvalue weighted by Crippen LogP contribution is 2.11. The van der Waals surface area contributed by atoms with Gasteiger partial charge in [-0.25, -0.2) is 0 Å². The zero-order valence-corrected chi connectivity index (χ0v) is 13.6. The minimum absolute atomic E-state index is 0.0782. The third-order valence-corrected chi connectivity index (χ3v) is 4.33. The second-order valence-electron chi connectivity index (χ2n) is 4.71. The van der Waals surface area contributed by atoms with Gasteiger partial charge in [0.1, 0.15) is 0 Å². The van der Waals surface area contributed by atoms with Crippen molar-refractivity contribution >= 4 is 34.9 Å². The summed E-state index contributed by atoms with van der Waals surface area (Å²) < 4.78 is 0. The summed E-state index contributed by atoms with van der Waals surface area (Å²) >= 11 is 6.85. The topological polar surface area (TPSA) is 55.1 Å². The smallest absolute Gasteiger partial charge is 0.230 e. The van der Waals surface area contributed by atoms with E-state index in [0.717, 1.165) is 17.1 Å². The van der Waals surface area contributed by atoms with Crippen molar-refractivity contribution in [2.24, 2.45) is 11.7 Å². The van der Waals surface area contributed by atoms with E-state index in [2.05, 4.69) is 12.2 Å². The van der Waals surface area contributed by atoms with Gasteiger partial charge in [0.05, 0.1) is 10.9 Å². The Balaban J connectivity index is 2.62. The van der Waals surface area contributed by atoms with Crippen LogP contribution in [0.3, 0.4) is 0 Å². The maximum Gasteiger partial charge on any atom is 0.230 e. The summed E-state index contributed by atoms with van der Waals surface area (Å²) in [7, 11) is 0. The van der Waals surface area contributed by atoms with Crippen LogP contribution in [0.4, 0.5) is 0 Å². The quantitative estimate of drug-likeness (QED) is 0.724. The first kappa shape index (κ1) is 17.0. The number of hydrogen-bond acceptors (Lipinski definition) is 3. The monoisotopic (exact) mass is 310 g/mol. The van der Waals surface area contributed by atoms with Crippen molar-refractivity contribution in [1.29, 1.82) is 0 Å². The largest absolute Gasteiger partial charge is 0.393 e. The molecular weight excluding hydrogens is 288 g/mol. The molecule has 0 saturated heterocycles. The van der Waals surface area contributed by atoms with E-state index in [9.17, 15) is 4.79 Å². The molecule has 3 nitrogen and oxygen atoms in total. The molecule has 1 aromatic carbocycles. The van der Waals surface area contributed by atoms with Crippen molar-refractivity contribution in [2.45, 2.75) is 26.3 Å². The molecule has 0 aliphatic heterocycles. The van der Waals surface area contributed by atoms with Gasteiger partial charge in [-0.05, 0) is 24.7 Å². The van der Waals surface area contributed by atoms with Crippen LogP contribution in [0.1, 0.15) is 19.4 Å². The normalized spacial score (nSPS) is 13.5. The van der Waals surface area contributed by atoms with E-state index in [1.807, 2.05) is 37.3 Å². The molecule has 2 atom stereocenters. The number of nitrogens with two attached hydrogens (primary N) is 1. The van der Waals surface area contributed by atoms with Gasteiger partial charge >= 0.3 is 0 Å². The molecular formula is C15H22N2OS2. The molecule has 0 aliphatic rings. The van der Waals surface area contributed by atoms with Crippen LogP contribution >= 0.6 is 24.0 Å². The van der Waals surface area contributed by atoms with E-state index >= 15 is 0 Å². The van der Waals surface area contributed by atoms with E-state index in [1.165, 1.54) is 0 Å². The Kier molecular flexibility index (Phi) is 7.62. The summed E-state index contributed by atoms with van der Waals surface area (Å²) in [5.41, 5.74) is 6.79. The van der Waals surface area contributed by atoms with Crippen LogP contribution in [0, 0.1) is 5.92 Å². The van der Waals surface area contributed by atoms with E-state index in [4.69, 9.17) is 18.0 Å². The summed E-state index contributed by atoms with van der Waals surface area (Å²) in [6.07, 6.45) is 0.551. The van der Waals surface area contributed by atoms with Gasteiger partial charge in [-0.15, -0.1) is 0 Å². The minimum atomic E-state index is -0.443. The lowest BCUT2D eigenvalue weighted by Crippen LogP contribution is -2.43. The second kappa shape index (κ2) is 8.97. The van der Waals surface area contributed by atoms with Crippen molar-refractivity contribution in [2.75, 3.05) is 11.5 Å². The molecule has 0 spiro atoms. The Hall–Kier alpha value is -1.07. The van der Waals surface area contributed by atoms with Crippen LogP contribution in [0.25, 0.3) is 0 Å². The van der Waals surface area contributed by atoms with E-state index in [-0.39, 0.29) is 16.9 Å². The Morgan fingerprint density at radius 3 is 2.60 bits per heavy atom. The number of benzene rings is 1. The molecule has 20 heavy (non-hydrogen) atoms. The maximum absolute atomic E-state index is 12.3. The third-order valence-electron chi connectivity index (χ3n) is 2.90. The molecule has 1 rings (SSSR count). The van der Waals surface area contributed by atoms with Crippen molar-refractivity contribution in [3.05, 3.63) is 35.9 Å². The summed E-state index contributed by atoms with van der Waals surface area (Å²) in [5.74, 6) is 1.42. The van der Waals surface area contributed by atoms with Gasteiger partial charge in [-0.1, -0.05) is 49.5 Å². The highest BCUT2D eigenvalue weighted by molar-refractivity contribution is 7.99. The predicted octanol–water partition coefficient (Wildman–Crippen LogP) is 2.39. The van der Waals surface area contributed by atoms with Gasteiger partial charge < -0.3 is 11.1 Å². The number of carbonyl (C=O) groups excluding carboxylic acids is 1. The number of thioether (sulfide) groups is 1. The summed E-state index contributed by atoms with van der Waals surface area (Å²) in [6.45, 7) is 4.10. The highest BCUT2D eigenvalue weighted by atomic mass is 32.2. The Morgan fingerprint density at radius 2 is 2.05 bits per heavy atom. The van der Waals surface area contributed by atoms with Gasteiger partial charge in [0, 0.05) is 11.8 Å². The molecule has 0 saturated carbocycles. The van der Waals surface area contributed by atoms with Gasteiger partial charge in [0.2, 0.25) is 5.91 Å². The van der Waals surface area contributed by atoms with E-state index < -0.39 is 5.92 Å². The van der Waals surface area contributed by atoms with Crippen LogP contribution in [0.5, 0.6) is 0 Å². The fourth-order valence-corrected chi connectivity index (χ4v) is 2.71. The van der Waals surface area contributed by atoms with Crippen LogP contribution < -0.4 is 11.1 Å². The van der Waals surface area contributed by atoms with Crippen LogP contribution in [0.15, 0.2) is 30.3 Å². The molecule has 0 aromatic heterocycles. The van der Waals surface area contributed by atoms with Crippen molar-refractivity contribution < 1.29 is 4.79 Å². The molecule has 0 aliphatic carbocycles. The molecule has 5 heteroatoms. The maximum atomic E-state index is 12.3. The van der Waals surface area contributed by atoms with E-state index in [1.54, 1.807) is 11.8 Å². The highest BCUT2D eigenvalue weighted by Gasteiger charge is 2.23. The third kappa shape index (κ3) is 5.92. The van der Waals surface area contributed by atoms with Crippen molar-refractivity contribution in [3.8, 4) is 0 Å². The number of rotatable bonds is 8. The fraction of sp³-hybridized carbons (Fsp3) is 0.467. The second-order valence-corrected chi connectivity index (χ2v) is 6.50. The Labute approximate surface area is 130 Å². The first-order valence-electron chi connectivity index (χ1n) is 6.76. The Morgan fingerprint density at radius 1 is 1.40 bits per heavy atom. The summed E-state index contributed by atoms with van der Waals surface area (Å²) in [5, 5.41) is 2.99. The molecule has 1 amide bonds. The van der Waals surface area contributed by atoms with Crippen molar-refractivity contribution in [1.82, 2.24) is 5.32 Å². The molecule has 110 valence electrons. The van der Waals surface area contributed by atoms with Gasteiger partial charge in [0.25, 0.3) is 0 Å². The Bertz CT molecular complexity index is 437. The molecule has 0 bridgehead atoms. The zero-order valence-electron chi connectivity index (χ0n) is 12.0. The average Bonchev–Trinajstić information content (AvgIpc) is 2.43. The number of hydrogen-bond donors (Lipinski definition) is 2. The number of amides is 1. The minimum Gasteiger partial charge on any atom is -0.393 e. The predicted molar refractivity (Wildman–Crippen MR) is 91.0 cm³/mol. The average molecular weight is 310 g/mol. The summed E-state index contributed by atoms with van der Waals surface area (Å²) in [6, 6.07) is 9.93. The lowest BCUT2D eigenvalue weighted by Gasteiger charge is -2.19. The van der Waals surface area contributed by atoms with E-state index in [0.29, 0.717) is 6.42 Å². The van der Waals surface area contributed by atoms with Crippen molar-refractivity contribution in [3.63, 3.8) is 0 Å². The fourth-order valence-electron chi connectivity index (χ4n) is 1.85. The lowest BCUT2D eigenvalue weighted by atomic mass is 9.98. The van der Waals surface area contributed by atoms with Crippen LogP contribution in [-0.4, -0.2) is 28.4 Å². The first-order valence-corrected chi connectivity index (χ1v) is 8.32. The summed E-state index contributed by atoms with van der Waals surface area (Å²) in [4.78, 5) is 12.5. The van der Waals surface area contributed by atoms with Crippen LogP contribution in [-0.2, 0) is 11.2 Å². The molecule has 0 fully saturated rings. The number of nitrogens with one attached hydrogen (secondary N) is 1. The van der Waals surface area contributed by atoms with Gasteiger partial charge in [-0.3, -0.25) is 4.79 Å². The van der Waals surface area contributed by atoms with Gasteiger partial charge in [-0.2, -0.15) is 11.8 Å². The lowest BCUT2D eigenvalue weighted by molar-refractivity contribution is -0.123. The molecule has 3 N–H and O–H groups in total. The van der Waals surface area contributed by atoms with Gasteiger partial charge in [0.15, 0.2) is 0 Å². The first-order chi connectivity index (χ1) is 9.54.